The molecule has 1 aliphatic carbocycles. The molecule has 1 aromatic heterocycles. The van der Waals surface area contributed by atoms with Gasteiger partial charge in [0.2, 0.25) is 0 Å². The fraction of sp³-hybridized carbons (Fsp3) is 0.400. The monoisotopic (exact) mass is 448 g/mol. The van der Waals surface area contributed by atoms with Crippen LogP contribution >= 0.6 is 0 Å². The number of rotatable bonds is 7. The summed E-state index contributed by atoms with van der Waals surface area (Å²) in [6.07, 6.45) is 5.87. The lowest BCUT2D eigenvalue weighted by Gasteiger charge is -2.30. The number of hydrogen-bond donors (Lipinski definition) is 1. The molecule has 1 N–H and O–H groups in total. The van der Waals surface area contributed by atoms with Gasteiger partial charge in [-0.25, -0.2) is 4.68 Å². The maximum absolute atomic E-state index is 12.8. The van der Waals surface area contributed by atoms with Crippen molar-refractivity contribution in [2.45, 2.75) is 43.7 Å². The van der Waals surface area contributed by atoms with Crippen LogP contribution in [-0.2, 0) is 12.0 Å². The molecule has 1 amide bonds. The SMILES string of the molecule is COc1ccc(C2(CNC(=O)c3cn(C[C@@H]4COc5ccccc5O4)nn3)CCCC2)cc1. The maximum Gasteiger partial charge on any atom is 0.273 e. The van der Waals surface area contributed by atoms with E-state index in [9.17, 15) is 4.79 Å². The number of nitrogens with one attached hydrogen (secondary N) is 1. The molecule has 1 fully saturated rings. The van der Waals surface area contributed by atoms with Crippen LogP contribution in [0.5, 0.6) is 17.2 Å². The Kier molecular flexibility index (Phi) is 5.90. The molecular weight excluding hydrogens is 420 g/mol. The highest BCUT2D eigenvalue weighted by Gasteiger charge is 2.36. The number of amides is 1. The van der Waals surface area contributed by atoms with E-state index in [1.807, 2.05) is 36.4 Å². The molecule has 1 saturated carbocycles. The number of carbonyl (C=O) groups excluding carboxylic acids is 1. The van der Waals surface area contributed by atoms with Crippen molar-refractivity contribution in [2.24, 2.45) is 0 Å². The number of para-hydroxylation sites is 2. The molecule has 172 valence electrons. The Bertz CT molecular complexity index is 1110. The van der Waals surface area contributed by atoms with Crippen LogP contribution in [0.3, 0.4) is 0 Å². The molecular formula is C25H28N4O4. The van der Waals surface area contributed by atoms with E-state index >= 15 is 0 Å². The Hall–Kier alpha value is -3.55. The number of methoxy groups -OCH3 is 1. The van der Waals surface area contributed by atoms with Crippen LogP contribution in [0.4, 0.5) is 0 Å². The molecule has 3 aromatic rings. The van der Waals surface area contributed by atoms with E-state index in [-0.39, 0.29) is 17.4 Å². The fourth-order valence-corrected chi connectivity index (χ4v) is 4.76. The van der Waals surface area contributed by atoms with Crippen molar-refractivity contribution in [3.63, 3.8) is 0 Å². The van der Waals surface area contributed by atoms with Gasteiger partial charge in [-0.2, -0.15) is 0 Å². The highest BCUT2D eigenvalue weighted by Crippen LogP contribution is 2.41. The highest BCUT2D eigenvalue weighted by molar-refractivity contribution is 5.91. The second-order valence-corrected chi connectivity index (χ2v) is 8.72. The molecule has 8 heteroatoms. The number of aromatic nitrogens is 3. The average Bonchev–Trinajstić information content (AvgIpc) is 3.53. The molecule has 0 spiro atoms. The van der Waals surface area contributed by atoms with Gasteiger partial charge in [-0.3, -0.25) is 4.79 Å². The smallest absolute Gasteiger partial charge is 0.273 e. The zero-order valence-corrected chi connectivity index (χ0v) is 18.7. The lowest BCUT2D eigenvalue weighted by Crippen LogP contribution is -2.39. The van der Waals surface area contributed by atoms with Crippen molar-refractivity contribution in [3.8, 4) is 17.2 Å². The Morgan fingerprint density at radius 1 is 1.15 bits per heavy atom. The van der Waals surface area contributed by atoms with Gasteiger partial charge in [0.05, 0.1) is 19.9 Å². The van der Waals surface area contributed by atoms with Crippen LogP contribution in [-0.4, -0.2) is 47.3 Å². The topological polar surface area (TPSA) is 87.5 Å². The lowest BCUT2D eigenvalue weighted by atomic mass is 9.78. The molecule has 0 bridgehead atoms. The summed E-state index contributed by atoms with van der Waals surface area (Å²) >= 11 is 0. The zero-order valence-electron chi connectivity index (χ0n) is 18.7. The summed E-state index contributed by atoms with van der Waals surface area (Å²) in [4.78, 5) is 12.8. The van der Waals surface area contributed by atoms with E-state index in [0.717, 1.165) is 37.2 Å². The normalized spacial score (nSPS) is 18.6. The molecule has 1 aliphatic heterocycles. The van der Waals surface area contributed by atoms with Gasteiger partial charge in [-0.15, -0.1) is 5.10 Å². The maximum atomic E-state index is 12.8. The molecule has 0 saturated heterocycles. The standard InChI is InChI=1S/C25H28N4O4/c1-31-19-10-8-18(9-11-19)25(12-4-5-13-25)17-26-24(30)21-15-29(28-27-21)14-20-16-32-22-6-2-3-7-23(22)33-20/h2-3,6-11,15,20H,4-5,12-14,16-17H2,1H3,(H,26,30)/t20-/m1/s1. The second-order valence-electron chi connectivity index (χ2n) is 8.72. The van der Waals surface area contributed by atoms with Crippen LogP contribution < -0.4 is 19.5 Å². The van der Waals surface area contributed by atoms with Gasteiger partial charge >= 0.3 is 0 Å². The summed E-state index contributed by atoms with van der Waals surface area (Å²) in [5.74, 6) is 2.08. The molecule has 2 heterocycles. The van der Waals surface area contributed by atoms with Crippen molar-refractivity contribution in [3.05, 3.63) is 66.0 Å². The Balaban J connectivity index is 1.21. The Morgan fingerprint density at radius 2 is 1.91 bits per heavy atom. The summed E-state index contributed by atoms with van der Waals surface area (Å²) < 4.78 is 18.6. The second kappa shape index (κ2) is 9.13. The number of nitrogens with zero attached hydrogens (tertiary/aromatic N) is 3. The first-order valence-corrected chi connectivity index (χ1v) is 11.4. The largest absolute Gasteiger partial charge is 0.497 e. The third-order valence-corrected chi connectivity index (χ3v) is 6.58. The van der Waals surface area contributed by atoms with Gasteiger partial charge in [-0.05, 0) is 42.7 Å². The van der Waals surface area contributed by atoms with Crippen LogP contribution in [0.1, 0.15) is 41.7 Å². The van der Waals surface area contributed by atoms with Crippen molar-refractivity contribution >= 4 is 5.91 Å². The molecule has 0 radical (unpaired) electrons. The van der Waals surface area contributed by atoms with E-state index in [1.165, 1.54) is 5.56 Å². The first-order chi connectivity index (χ1) is 16.1. The molecule has 2 aromatic carbocycles. The number of benzene rings is 2. The average molecular weight is 449 g/mol. The van der Waals surface area contributed by atoms with Crippen molar-refractivity contribution in [1.82, 2.24) is 20.3 Å². The van der Waals surface area contributed by atoms with Gasteiger partial charge in [0.15, 0.2) is 23.3 Å². The predicted molar refractivity (Wildman–Crippen MR) is 122 cm³/mol. The van der Waals surface area contributed by atoms with Crippen LogP contribution in [0.15, 0.2) is 54.7 Å². The summed E-state index contributed by atoms with van der Waals surface area (Å²) in [6, 6.07) is 15.8. The highest BCUT2D eigenvalue weighted by atomic mass is 16.6. The van der Waals surface area contributed by atoms with E-state index < -0.39 is 0 Å². The number of hydrogen-bond acceptors (Lipinski definition) is 6. The van der Waals surface area contributed by atoms with Crippen LogP contribution in [0, 0.1) is 0 Å². The number of fused-ring (bicyclic) bond motifs is 1. The Labute approximate surface area is 192 Å². The fourth-order valence-electron chi connectivity index (χ4n) is 4.76. The van der Waals surface area contributed by atoms with Crippen molar-refractivity contribution < 1.29 is 19.0 Å². The van der Waals surface area contributed by atoms with Gasteiger partial charge in [-0.1, -0.05) is 42.3 Å². The first-order valence-electron chi connectivity index (χ1n) is 11.4. The minimum atomic E-state index is -0.216. The van der Waals surface area contributed by atoms with Crippen LogP contribution in [0.25, 0.3) is 0 Å². The predicted octanol–water partition coefficient (Wildman–Crippen LogP) is 3.37. The van der Waals surface area contributed by atoms with E-state index in [1.54, 1.807) is 18.0 Å². The summed E-state index contributed by atoms with van der Waals surface area (Å²) in [5.41, 5.74) is 1.48. The molecule has 33 heavy (non-hydrogen) atoms. The van der Waals surface area contributed by atoms with Crippen molar-refractivity contribution in [2.75, 3.05) is 20.3 Å². The molecule has 5 rings (SSSR count). The van der Waals surface area contributed by atoms with Crippen LogP contribution in [0.2, 0.25) is 0 Å². The van der Waals surface area contributed by atoms with Gasteiger partial charge in [0, 0.05) is 12.0 Å². The molecule has 8 nitrogen and oxygen atoms in total. The minimum absolute atomic E-state index is 0.0570. The lowest BCUT2D eigenvalue weighted by molar-refractivity contribution is 0.0754. The Morgan fingerprint density at radius 3 is 2.67 bits per heavy atom. The van der Waals surface area contributed by atoms with Gasteiger partial charge in [0.1, 0.15) is 12.4 Å². The van der Waals surface area contributed by atoms with E-state index in [4.69, 9.17) is 14.2 Å². The minimum Gasteiger partial charge on any atom is -0.497 e. The van der Waals surface area contributed by atoms with Gasteiger partial charge in [0.25, 0.3) is 5.91 Å². The first kappa shape index (κ1) is 21.3. The van der Waals surface area contributed by atoms with Gasteiger partial charge < -0.3 is 19.5 Å². The van der Waals surface area contributed by atoms with E-state index in [0.29, 0.717) is 31.1 Å². The third kappa shape index (κ3) is 4.51. The van der Waals surface area contributed by atoms with E-state index in [2.05, 4.69) is 27.8 Å². The summed E-state index contributed by atoms with van der Waals surface area (Å²) in [6.45, 7) is 1.44. The quantitative estimate of drug-likeness (QED) is 0.596. The summed E-state index contributed by atoms with van der Waals surface area (Å²) in [7, 11) is 1.67. The molecule has 1 atom stereocenters. The third-order valence-electron chi connectivity index (χ3n) is 6.58. The molecule has 2 aliphatic rings. The molecule has 0 unspecified atom stereocenters. The van der Waals surface area contributed by atoms with Crippen molar-refractivity contribution in [1.29, 1.82) is 0 Å². The number of carbonyl (C=O) groups is 1. The zero-order chi connectivity index (χ0) is 22.7. The summed E-state index contributed by atoms with van der Waals surface area (Å²) in [5, 5.41) is 11.3. The number of ether oxygens (including phenoxy) is 3.